The predicted molar refractivity (Wildman–Crippen MR) is 123 cm³/mol. The molecule has 1 aromatic rings. The predicted octanol–water partition coefficient (Wildman–Crippen LogP) is 3.39. The van der Waals surface area contributed by atoms with Gasteiger partial charge in [-0.3, -0.25) is 14.5 Å². The van der Waals surface area contributed by atoms with E-state index < -0.39 is 5.92 Å². The Morgan fingerprint density at radius 3 is 2.31 bits per heavy atom. The van der Waals surface area contributed by atoms with Crippen LogP contribution in [0.5, 0.6) is 0 Å². The number of ether oxygens (including phenoxy) is 1. The van der Waals surface area contributed by atoms with Gasteiger partial charge >= 0.3 is 5.97 Å². The molecular weight excluding hydrogens is 404 g/mol. The summed E-state index contributed by atoms with van der Waals surface area (Å²) < 4.78 is 5.91. The summed E-state index contributed by atoms with van der Waals surface area (Å²) in [5.74, 6) is -0.0548. The van der Waals surface area contributed by atoms with Gasteiger partial charge in [0.25, 0.3) is 0 Å². The molecule has 2 aliphatic heterocycles. The Bertz CT molecular complexity index is 748. The average Bonchev–Trinajstić information content (AvgIpc) is 3.02. The van der Waals surface area contributed by atoms with Crippen LogP contribution in [0.15, 0.2) is 30.3 Å². The summed E-state index contributed by atoms with van der Waals surface area (Å²) in [6.07, 6.45) is 9.99. The number of nitrogens with one attached hydrogen (secondary N) is 1. The Labute approximate surface area is 191 Å². The Morgan fingerprint density at radius 1 is 1.06 bits per heavy atom. The summed E-state index contributed by atoms with van der Waals surface area (Å²) >= 11 is 0. The van der Waals surface area contributed by atoms with Gasteiger partial charge in [0, 0.05) is 37.9 Å². The van der Waals surface area contributed by atoms with Crippen LogP contribution < -0.4 is 5.32 Å². The molecule has 3 aliphatic rings. The first kappa shape index (κ1) is 23.2. The minimum atomic E-state index is -0.598. The fraction of sp³-hybridized carbons (Fsp3) is 0.692. The molecular formula is C26H38N2O4. The van der Waals surface area contributed by atoms with Crippen LogP contribution in [0, 0.1) is 5.92 Å². The Morgan fingerprint density at radius 2 is 1.72 bits per heavy atom. The molecule has 1 saturated carbocycles. The highest BCUT2D eigenvalue weighted by molar-refractivity contribution is 5.78. The highest BCUT2D eigenvalue weighted by Crippen LogP contribution is 2.38. The van der Waals surface area contributed by atoms with Crippen molar-refractivity contribution in [3.63, 3.8) is 0 Å². The Kier molecular flexibility index (Phi) is 7.84. The molecule has 4 rings (SSSR count). The maximum atomic E-state index is 12.8. The number of benzene rings is 1. The fourth-order valence-corrected chi connectivity index (χ4v) is 6.15. The smallest absolute Gasteiger partial charge is 0.316 e. The number of nitrogens with zero attached hydrogens (tertiary/aromatic N) is 1. The van der Waals surface area contributed by atoms with Gasteiger partial charge in [0.05, 0.1) is 6.61 Å². The lowest BCUT2D eigenvalue weighted by molar-refractivity contribution is -0.155. The number of hydrogen-bond acceptors (Lipinski definition) is 5. The number of piperidine rings is 1. The molecule has 1 amide bonds. The molecule has 0 radical (unpaired) electrons. The van der Waals surface area contributed by atoms with Gasteiger partial charge in [0.2, 0.25) is 5.91 Å². The molecule has 3 fully saturated rings. The standard InChI is InChI=1S/C26H38N2O4/c1-18(30)27-21-9-7-19(8-10-21)13-14-28-22-11-12-23(28)16-24(15-22)32-26(31)25(17-29)20-5-3-2-4-6-20/h2-6,19,21-25,29H,7-17H2,1H3,(H,27,30)/t19?,21?,22-,23+,24?,25?. The quantitative estimate of drug-likeness (QED) is 0.604. The summed E-state index contributed by atoms with van der Waals surface area (Å²) in [5, 5.41) is 12.8. The highest BCUT2D eigenvalue weighted by Gasteiger charge is 2.42. The molecule has 0 spiro atoms. The van der Waals surface area contributed by atoms with Crippen molar-refractivity contribution in [2.45, 2.75) is 94.9 Å². The molecule has 6 nitrogen and oxygen atoms in total. The summed E-state index contributed by atoms with van der Waals surface area (Å²) in [4.78, 5) is 26.7. The molecule has 2 bridgehead atoms. The van der Waals surface area contributed by atoms with E-state index in [0.29, 0.717) is 18.1 Å². The zero-order valence-electron chi connectivity index (χ0n) is 19.2. The molecule has 6 heteroatoms. The van der Waals surface area contributed by atoms with Crippen LogP contribution in [0.4, 0.5) is 0 Å². The topological polar surface area (TPSA) is 78.9 Å². The van der Waals surface area contributed by atoms with Gasteiger partial charge in [0.1, 0.15) is 12.0 Å². The molecule has 176 valence electrons. The molecule has 2 unspecified atom stereocenters. The number of amides is 1. The summed E-state index contributed by atoms with van der Waals surface area (Å²) in [6.45, 7) is 2.52. The normalized spacial score (nSPS) is 31.1. The second kappa shape index (κ2) is 10.8. The van der Waals surface area contributed by atoms with Gasteiger partial charge in [0.15, 0.2) is 0 Å². The van der Waals surface area contributed by atoms with Crippen LogP contribution in [-0.4, -0.2) is 59.3 Å². The first-order chi connectivity index (χ1) is 15.5. The van der Waals surface area contributed by atoms with Gasteiger partial charge in [-0.15, -0.1) is 0 Å². The van der Waals surface area contributed by atoms with Crippen molar-refractivity contribution in [1.82, 2.24) is 10.2 Å². The van der Waals surface area contributed by atoms with E-state index in [1.54, 1.807) is 6.92 Å². The van der Waals surface area contributed by atoms with Crippen LogP contribution >= 0.6 is 0 Å². The van der Waals surface area contributed by atoms with E-state index in [9.17, 15) is 14.7 Å². The van der Waals surface area contributed by atoms with Crippen molar-refractivity contribution < 1.29 is 19.4 Å². The monoisotopic (exact) mass is 442 g/mol. The van der Waals surface area contributed by atoms with Crippen LogP contribution in [0.3, 0.4) is 0 Å². The van der Waals surface area contributed by atoms with E-state index >= 15 is 0 Å². The molecule has 2 saturated heterocycles. The van der Waals surface area contributed by atoms with Crippen LogP contribution in [0.1, 0.15) is 76.2 Å². The second-order valence-corrected chi connectivity index (χ2v) is 10.0. The zero-order valence-corrected chi connectivity index (χ0v) is 19.2. The van der Waals surface area contributed by atoms with E-state index in [1.807, 2.05) is 30.3 Å². The fourth-order valence-electron chi connectivity index (χ4n) is 6.15. The lowest BCUT2D eigenvalue weighted by Crippen LogP contribution is -2.47. The molecule has 1 aromatic carbocycles. The van der Waals surface area contributed by atoms with E-state index in [0.717, 1.165) is 43.7 Å². The van der Waals surface area contributed by atoms with Gasteiger partial charge in [-0.2, -0.15) is 0 Å². The summed E-state index contributed by atoms with van der Waals surface area (Å²) in [6, 6.07) is 10.8. The van der Waals surface area contributed by atoms with Crippen molar-refractivity contribution in [3.05, 3.63) is 35.9 Å². The van der Waals surface area contributed by atoms with Crippen molar-refractivity contribution >= 4 is 11.9 Å². The van der Waals surface area contributed by atoms with E-state index in [4.69, 9.17) is 4.74 Å². The molecule has 2 heterocycles. The number of fused-ring (bicyclic) bond motifs is 2. The average molecular weight is 443 g/mol. The number of aliphatic hydroxyl groups excluding tert-OH is 1. The Hall–Kier alpha value is -1.92. The molecule has 2 N–H and O–H groups in total. The van der Waals surface area contributed by atoms with Crippen molar-refractivity contribution in [2.24, 2.45) is 5.92 Å². The molecule has 32 heavy (non-hydrogen) atoms. The van der Waals surface area contributed by atoms with Crippen molar-refractivity contribution in [2.75, 3.05) is 13.2 Å². The third kappa shape index (κ3) is 5.70. The number of esters is 1. The third-order valence-electron chi connectivity index (χ3n) is 7.84. The minimum Gasteiger partial charge on any atom is -0.462 e. The Balaban J connectivity index is 1.23. The number of carbonyl (C=O) groups is 2. The van der Waals surface area contributed by atoms with E-state index in [-0.39, 0.29) is 24.6 Å². The van der Waals surface area contributed by atoms with E-state index in [2.05, 4.69) is 10.2 Å². The minimum absolute atomic E-state index is 0.0397. The van der Waals surface area contributed by atoms with Crippen LogP contribution in [-0.2, 0) is 14.3 Å². The van der Waals surface area contributed by atoms with Crippen LogP contribution in [0.25, 0.3) is 0 Å². The number of hydrogen-bond donors (Lipinski definition) is 2. The van der Waals surface area contributed by atoms with Gasteiger partial charge in [-0.1, -0.05) is 30.3 Å². The molecule has 1 aliphatic carbocycles. The lowest BCUT2D eigenvalue weighted by Gasteiger charge is -2.40. The van der Waals surface area contributed by atoms with Crippen molar-refractivity contribution in [3.8, 4) is 0 Å². The lowest BCUT2D eigenvalue weighted by atomic mass is 9.83. The summed E-state index contributed by atoms with van der Waals surface area (Å²) in [5.41, 5.74) is 0.814. The number of rotatable bonds is 8. The summed E-state index contributed by atoms with van der Waals surface area (Å²) in [7, 11) is 0. The number of carbonyl (C=O) groups excluding carboxylic acids is 2. The first-order valence-corrected chi connectivity index (χ1v) is 12.4. The van der Waals surface area contributed by atoms with E-state index in [1.165, 1.54) is 32.1 Å². The molecule has 0 aromatic heterocycles. The van der Waals surface area contributed by atoms with Gasteiger partial charge in [-0.05, 0) is 63.0 Å². The van der Waals surface area contributed by atoms with Gasteiger partial charge < -0.3 is 15.2 Å². The largest absolute Gasteiger partial charge is 0.462 e. The van der Waals surface area contributed by atoms with Gasteiger partial charge in [-0.25, -0.2) is 0 Å². The van der Waals surface area contributed by atoms with Crippen molar-refractivity contribution in [1.29, 1.82) is 0 Å². The SMILES string of the molecule is CC(=O)NC1CCC(CCN2[C@@H]3CC[C@H]2CC(OC(=O)C(CO)c2ccccc2)C3)CC1. The molecule has 4 atom stereocenters. The first-order valence-electron chi connectivity index (χ1n) is 12.4. The highest BCUT2D eigenvalue weighted by atomic mass is 16.5. The zero-order chi connectivity index (χ0) is 22.5. The maximum absolute atomic E-state index is 12.8. The third-order valence-corrected chi connectivity index (χ3v) is 7.84. The number of aliphatic hydroxyl groups is 1. The maximum Gasteiger partial charge on any atom is 0.316 e. The second-order valence-electron chi connectivity index (χ2n) is 10.0. The van der Waals surface area contributed by atoms with Crippen LogP contribution in [0.2, 0.25) is 0 Å².